The van der Waals surface area contributed by atoms with Crippen LogP contribution in [0.15, 0.2) is 4.99 Å². The van der Waals surface area contributed by atoms with E-state index in [1.807, 2.05) is 6.92 Å². The van der Waals surface area contributed by atoms with E-state index in [0.29, 0.717) is 0 Å². The summed E-state index contributed by atoms with van der Waals surface area (Å²) in [5.41, 5.74) is 0. The first kappa shape index (κ1) is 7.47. The van der Waals surface area contributed by atoms with Crippen molar-refractivity contribution in [1.82, 2.24) is 4.90 Å². The molecule has 0 radical (unpaired) electrons. The number of amidine groups is 1. The lowest BCUT2D eigenvalue weighted by atomic mass is 10.6. The molecule has 2 nitrogen and oxygen atoms in total. The summed E-state index contributed by atoms with van der Waals surface area (Å²) in [6.07, 6.45) is 0. The highest BCUT2D eigenvalue weighted by molar-refractivity contribution is 5.80. The summed E-state index contributed by atoms with van der Waals surface area (Å²) in [7, 11) is 2.06. The highest BCUT2D eigenvalue weighted by Gasteiger charge is 2.04. The van der Waals surface area contributed by atoms with Gasteiger partial charge in [-0.2, -0.15) is 0 Å². The Labute approximate surface area is 51.2 Å². The lowest BCUT2D eigenvalue weighted by Gasteiger charge is -2.07. The molecule has 0 aromatic heterocycles. The average Bonchev–Trinajstić information content (AvgIpc) is 1.91. The van der Waals surface area contributed by atoms with E-state index in [-0.39, 0.29) is 7.43 Å². The van der Waals surface area contributed by atoms with Crippen molar-refractivity contribution in [2.45, 2.75) is 14.4 Å². The standard InChI is InChI=1S/C5H10N2.CH4/c1-5-6-3-4-7(5)2;/h3-4H2,1-2H3;1H4. The molecule has 0 atom stereocenters. The predicted octanol–water partition coefficient (Wildman–Crippen LogP) is 0.986. The Bertz CT molecular complexity index is 96.7. The Morgan fingerprint density at radius 2 is 2.25 bits per heavy atom. The van der Waals surface area contributed by atoms with Gasteiger partial charge in [0.25, 0.3) is 0 Å². The zero-order valence-electron chi connectivity index (χ0n) is 4.81. The van der Waals surface area contributed by atoms with Gasteiger partial charge < -0.3 is 4.90 Å². The minimum Gasteiger partial charge on any atom is -0.362 e. The molecule has 0 aliphatic carbocycles. The van der Waals surface area contributed by atoms with Gasteiger partial charge in [0.2, 0.25) is 0 Å². The SMILES string of the molecule is C.CC1=NCCN1C. The van der Waals surface area contributed by atoms with E-state index >= 15 is 0 Å². The lowest BCUT2D eigenvalue weighted by molar-refractivity contribution is 0.553. The minimum atomic E-state index is 0. The minimum absolute atomic E-state index is 0. The summed E-state index contributed by atoms with van der Waals surface area (Å²) in [5.74, 6) is 1.17. The maximum Gasteiger partial charge on any atom is 0.0956 e. The highest BCUT2D eigenvalue weighted by atomic mass is 15.2. The number of likely N-dealkylation sites (N-methyl/N-ethyl adjacent to an activating group) is 1. The summed E-state index contributed by atoms with van der Waals surface area (Å²) >= 11 is 0. The molecule has 1 aliphatic heterocycles. The molecule has 1 heterocycles. The van der Waals surface area contributed by atoms with Crippen LogP contribution in [0, 0.1) is 0 Å². The summed E-state index contributed by atoms with van der Waals surface area (Å²) in [4.78, 5) is 6.31. The van der Waals surface area contributed by atoms with Gasteiger partial charge in [0.05, 0.1) is 12.4 Å². The average molecular weight is 114 g/mol. The molecule has 0 fully saturated rings. The molecule has 0 unspecified atom stereocenters. The largest absolute Gasteiger partial charge is 0.362 e. The van der Waals surface area contributed by atoms with Gasteiger partial charge in [-0.1, -0.05) is 7.43 Å². The van der Waals surface area contributed by atoms with Crippen LogP contribution < -0.4 is 0 Å². The molecule has 0 aromatic carbocycles. The smallest absolute Gasteiger partial charge is 0.0956 e. The summed E-state index contributed by atoms with van der Waals surface area (Å²) < 4.78 is 0. The fourth-order valence-electron chi connectivity index (χ4n) is 0.644. The van der Waals surface area contributed by atoms with Crippen LogP contribution in [-0.4, -0.2) is 30.9 Å². The van der Waals surface area contributed by atoms with E-state index in [2.05, 4.69) is 16.9 Å². The third-order valence-electron chi connectivity index (χ3n) is 1.33. The first-order chi connectivity index (χ1) is 3.30. The second kappa shape index (κ2) is 2.70. The Balaban J connectivity index is 0.000000490. The Morgan fingerprint density at radius 3 is 2.38 bits per heavy atom. The van der Waals surface area contributed by atoms with Crippen LogP contribution in [0.1, 0.15) is 14.4 Å². The highest BCUT2D eigenvalue weighted by Crippen LogP contribution is 1.94. The van der Waals surface area contributed by atoms with Gasteiger partial charge in [-0.05, 0) is 6.92 Å². The van der Waals surface area contributed by atoms with E-state index in [1.165, 1.54) is 5.84 Å². The van der Waals surface area contributed by atoms with Crippen molar-refractivity contribution in [3.05, 3.63) is 0 Å². The second-order valence-corrected chi connectivity index (χ2v) is 1.85. The van der Waals surface area contributed by atoms with Crippen LogP contribution in [0.2, 0.25) is 0 Å². The molecule has 48 valence electrons. The van der Waals surface area contributed by atoms with Crippen molar-refractivity contribution in [3.63, 3.8) is 0 Å². The Hall–Kier alpha value is -0.530. The summed E-state index contributed by atoms with van der Waals surface area (Å²) in [6.45, 7) is 4.13. The van der Waals surface area contributed by atoms with E-state index in [1.54, 1.807) is 0 Å². The Morgan fingerprint density at radius 1 is 1.62 bits per heavy atom. The number of rotatable bonds is 0. The summed E-state index contributed by atoms with van der Waals surface area (Å²) in [5, 5.41) is 0. The maximum atomic E-state index is 4.16. The van der Waals surface area contributed by atoms with E-state index in [4.69, 9.17) is 0 Å². The first-order valence-corrected chi connectivity index (χ1v) is 2.53. The maximum absolute atomic E-state index is 4.16. The third-order valence-corrected chi connectivity index (χ3v) is 1.33. The van der Waals surface area contributed by atoms with E-state index in [0.717, 1.165) is 13.1 Å². The number of aliphatic imine (C=N–C) groups is 1. The van der Waals surface area contributed by atoms with Gasteiger partial charge in [-0.15, -0.1) is 0 Å². The molecule has 1 rings (SSSR count). The van der Waals surface area contributed by atoms with Gasteiger partial charge >= 0.3 is 0 Å². The zero-order valence-corrected chi connectivity index (χ0v) is 4.81. The zero-order chi connectivity index (χ0) is 5.28. The van der Waals surface area contributed by atoms with E-state index in [9.17, 15) is 0 Å². The molecular weight excluding hydrogens is 100 g/mol. The molecule has 0 N–H and O–H groups in total. The molecule has 2 heteroatoms. The van der Waals surface area contributed by atoms with Crippen LogP contribution in [0.4, 0.5) is 0 Å². The fraction of sp³-hybridized carbons (Fsp3) is 0.833. The quantitative estimate of drug-likeness (QED) is 0.458. The number of nitrogens with zero attached hydrogens (tertiary/aromatic N) is 2. The van der Waals surface area contributed by atoms with Gasteiger partial charge in [-0.25, -0.2) is 0 Å². The topological polar surface area (TPSA) is 15.6 Å². The summed E-state index contributed by atoms with van der Waals surface area (Å²) in [6, 6.07) is 0. The van der Waals surface area contributed by atoms with Gasteiger partial charge in [0.1, 0.15) is 0 Å². The van der Waals surface area contributed by atoms with Crippen LogP contribution in [-0.2, 0) is 0 Å². The van der Waals surface area contributed by atoms with Crippen molar-refractivity contribution in [3.8, 4) is 0 Å². The molecule has 8 heavy (non-hydrogen) atoms. The third kappa shape index (κ3) is 1.22. The Kier molecular flexibility index (Phi) is 2.52. The molecule has 0 saturated carbocycles. The van der Waals surface area contributed by atoms with Crippen molar-refractivity contribution in [1.29, 1.82) is 0 Å². The van der Waals surface area contributed by atoms with Gasteiger partial charge in [0.15, 0.2) is 0 Å². The fourth-order valence-corrected chi connectivity index (χ4v) is 0.644. The molecular formula is C6H14N2. The lowest BCUT2D eigenvalue weighted by Crippen LogP contribution is -2.19. The monoisotopic (exact) mass is 114 g/mol. The first-order valence-electron chi connectivity index (χ1n) is 2.53. The van der Waals surface area contributed by atoms with E-state index < -0.39 is 0 Å². The van der Waals surface area contributed by atoms with Crippen molar-refractivity contribution in [2.24, 2.45) is 4.99 Å². The molecule has 0 saturated heterocycles. The molecule has 0 bridgehead atoms. The van der Waals surface area contributed by atoms with Crippen molar-refractivity contribution in [2.75, 3.05) is 20.1 Å². The molecule has 0 amide bonds. The van der Waals surface area contributed by atoms with Crippen LogP contribution in [0.3, 0.4) is 0 Å². The van der Waals surface area contributed by atoms with Crippen molar-refractivity contribution < 1.29 is 0 Å². The van der Waals surface area contributed by atoms with Gasteiger partial charge in [0, 0.05) is 13.6 Å². The second-order valence-electron chi connectivity index (χ2n) is 1.85. The molecule has 1 aliphatic rings. The normalized spacial score (nSPS) is 17.8. The van der Waals surface area contributed by atoms with Crippen LogP contribution >= 0.6 is 0 Å². The molecule has 0 spiro atoms. The van der Waals surface area contributed by atoms with Crippen molar-refractivity contribution >= 4 is 5.84 Å². The molecule has 0 aromatic rings. The van der Waals surface area contributed by atoms with Crippen LogP contribution in [0.25, 0.3) is 0 Å². The number of hydrogen-bond donors (Lipinski definition) is 0. The van der Waals surface area contributed by atoms with Gasteiger partial charge in [-0.3, -0.25) is 4.99 Å². The van der Waals surface area contributed by atoms with Crippen LogP contribution in [0.5, 0.6) is 0 Å². The predicted molar refractivity (Wildman–Crippen MR) is 37.3 cm³/mol. The number of hydrogen-bond acceptors (Lipinski definition) is 2.